The Balaban J connectivity index is 2.52. The number of hydrogen-bond donors (Lipinski definition) is 1. The van der Waals surface area contributed by atoms with Gasteiger partial charge in [0.15, 0.2) is 0 Å². The van der Waals surface area contributed by atoms with E-state index in [2.05, 4.69) is 6.92 Å². The van der Waals surface area contributed by atoms with Crippen LogP contribution in [0.5, 0.6) is 0 Å². The molecule has 0 fully saturated rings. The minimum absolute atomic E-state index is 0.0900. The maximum atomic E-state index is 12.1. The third-order valence-corrected chi connectivity index (χ3v) is 5.07. The lowest BCUT2D eigenvalue weighted by atomic mass is 10.1. The molecular formula is C17H28O5S. The van der Waals surface area contributed by atoms with E-state index < -0.39 is 22.3 Å². The minimum atomic E-state index is -3.86. The highest BCUT2D eigenvalue weighted by molar-refractivity contribution is 7.86. The molecule has 1 aromatic carbocycles. The number of methoxy groups -OCH3 is 1. The Hall–Kier alpha value is -0.950. The molecule has 5 nitrogen and oxygen atoms in total. The van der Waals surface area contributed by atoms with Crippen molar-refractivity contribution in [2.24, 2.45) is 0 Å². The fourth-order valence-electron chi connectivity index (χ4n) is 2.28. The first-order valence-electron chi connectivity index (χ1n) is 8.07. The predicted molar refractivity (Wildman–Crippen MR) is 89.9 cm³/mol. The van der Waals surface area contributed by atoms with Crippen molar-refractivity contribution >= 4 is 10.1 Å². The maximum absolute atomic E-state index is 12.1. The van der Waals surface area contributed by atoms with Gasteiger partial charge in [0.25, 0.3) is 10.1 Å². The standard InChI is InChI=1S/C17H28O5S/c1-4-5-6-7-8-17(21-3)16(18)13-22-23(19,20)15-11-9-14(2)10-12-15/h9-12,16-18H,4-8,13H2,1-3H3/t16-,17+/m0/s1. The number of rotatable bonds is 11. The minimum Gasteiger partial charge on any atom is -0.388 e. The normalized spacial score (nSPS) is 14.6. The summed E-state index contributed by atoms with van der Waals surface area (Å²) in [6.45, 7) is 3.71. The Bertz CT molecular complexity index is 539. The van der Waals surface area contributed by atoms with E-state index in [4.69, 9.17) is 8.92 Å². The van der Waals surface area contributed by atoms with Crippen LogP contribution in [0.15, 0.2) is 29.2 Å². The van der Waals surface area contributed by atoms with Crippen molar-refractivity contribution in [2.45, 2.75) is 63.1 Å². The highest BCUT2D eigenvalue weighted by Crippen LogP contribution is 2.16. The van der Waals surface area contributed by atoms with Gasteiger partial charge in [0.05, 0.1) is 17.6 Å². The summed E-state index contributed by atoms with van der Waals surface area (Å²) in [5.41, 5.74) is 0.968. The van der Waals surface area contributed by atoms with Crippen LogP contribution in [0.4, 0.5) is 0 Å². The van der Waals surface area contributed by atoms with Crippen LogP contribution < -0.4 is 0 Å². The molecule has 0 spiro atoms. The van der Waals surface area contributed by atoms with Crippen molar-refractivity contribution in [1.82, 2.24) is 0 Å². The van der Waals surface area contributed by atoms with Gasteiger partial charge in [-0.05, 0) is 25.5 Å². The number of hydrogen-bond acceptors (Lipinski definition) is 5. The van der Waals surface area contributed by atoms with Crippen molar-refractivity contribution in [3.63, 3.8) is 0 Å². The van der Waals surface area contributed by atoms with E-state index in [0.29, 0.717) is 6.42 Å². The largest absolute Gasteiger partial charge is 0.388 e. The van der Waals surface area contributed by atoms with Crippen molar-refractivity contribution < 1.29 is 22.4 Å². The third-order valence-electron chi connectivity index (χ3n) is 3.78. The monoisotopic (exact) mass is 344 g/mol. The smallest absolute Gasteiger partial charge is 0.297 e. The number of ether oxygens (including phenoxy) is 1. The van der Waals surface area contributed by atoms with Gasteiger partial charge < -0.3 is 9.84 Å². The zero-order valence-electron chi connectivity index (χ0n) is 14.2. The topological polar surface area (TPSA) is 72.8 Å². The lowest BCUT2D eigenvalue weighted by molar-refractivity contribution is -0.0361. The van der Waals surface area contributed by atoms with Gasteiger partial charge in [-0.2, -0.15) is 8.42 Å². The summed E-state index contributed by atoms with van der Waals surface area (Å²) in [6, 6.07) is 6.40. The maximum Gasteiger partial charge on any atom is 0.297 e. The number of aliphatic hydroxyl groups excluding tert-OH is 1. The number of benzene rings is 1. The van der Waals surface area contributed by atoms with Gasteiger partial charge in [0, 0.05) is 7.11 Å². The number of unbranched alkanes of at least 4 members (excludes halogenated alkanes) is 3. The Kier molecular flexibility index (Phi) is 8.76. The van der Waals surface area contributed by atoms with E-state index in [9.17, 15) is 13.5 Å². The molecule has 0 aromatic heterocycles. The first kappa shape index (κ1) is 20.1. The van der Waals surface area contributed by atoms with Crippen molar-refractivity contribution in [3.8, 4) is 0 Å². The highest BCUT2D eigenvalue weighted by atomic mass is 32.2. The van der Waals surface area contributed by atoms with Crippen LogP contribution in [-0.4, -0.2) is 39.4 Å². The van der Waals surface area contributed by atoms with Crippen LogP contribution in [0.1, 0.15) is 44.6 Å². The molecule has 2 atom stereocenters. The molecule has 0 unspecified atom stereocenters. The Morgan fingerprint density at radius 3 is 2.35 bits per heavy atom. The number of aryl methyl sites for hydroxylation is 1. The molecule has 0 heterocycles. The van der Waals surface area contributed by atoms with Crippen molar-refractivity contribution in [1.29, 1.82) is 0 Å². The van der Waals surface area contributed by atoms with E-state index in [0.717, 1.165) is 31.2 Å². The van der Waals surface area contributed by atoms with Crippen LogP contribution >= 0.6 is 0 Å². The predicted octanol–water partition coefficient (Wildman–Crippen LogP) is 3.05. The molecule has 1 rings (SSSR count). The first-order chi connectivity index (χ1) is 10.9. The zero-order valence-corrected chi connectivity index (χ0v) is 15.0. The van der Waals surface area contributed by atoms with Crippen LogP contribution in [0, 0.1) is 6.92 Å². The molecule has 0 aliphatic rings. The number of aliphatic hydroxyl groups is 1. The summed E-state index contributed by atoms with van der Waals surface area (Å²) in [7, 11) is -2.34. The quantitative estimate of drug-likeness (QED) is 0.493. The lowest BCUT2D eigenvalue weighted by Gasteiger charge is -2.21. The SMILES string of the molecule is CCCCCC[C@@H](OC)[C@@H](O)COS(=O)(=O)c1ccc(C)cc1. The van der Waals surface area contributed by atoms with Crippen LogP contribution in [-0.2, 0) is 19.0 Å². The summed E-state index contributed by atoms with van der Waals surface area (Å²) >= 11 is 0. The molecule has 0 bridgehead atoms. The lowest BCUT2D eigenvalue weighted by Crippen LogP contribution is -2.33. The Labute approximate surface area is 139 Å². The molecule has 0 saturated heterocycles. The van der Waals surface area contributed by atoms with Crippen LogP contribution in [0.25, 0.3) is 0 Å². The summed E-state index contributed by atoms with van der Waals surface area (Å²) < 4.78 is 34.4. The first-order valence-corrected chi connectivity index (χ1v) is 9.48. The van der Waals surface area contributed by atoms with Gasteiger partial charge in [0.2, 0.25) is 0 Å². The second-order valence-corrected chi connectivity index (χ2v) is 7.36. The molecule has 0 aliphatic heterocycles. The molecule has 0 aliphatic carbocycles. The molecule has 1 N–H and O–H groups in total. The fraction of sp³-hybridized carbons (Fsp3) is 0.647. The van der Waals surface area contributed by atoms with Gasteiger partial charge in [-0.15, -0.1) is 0 Å². The van der Waals surface area contributed by atoms with E-state index in [1.807, 2.05) is 6.92 Å². The molecule has 0 amide bonds. The van der Waals surface area contributed by atoms with Gasteiger partial charge >= 0.3 is 0 Å². The van der Waals surface area contributed by atoms with E-state index >= 15 is 0 Å². The Morgan fingerprint density at radius 2 is 1.78 bits per heavy atom. The third kappa shape index (κ3) is 6.99. The second kappa shape index (κ2) is 10.0. The summed E-state index contributed by atoms with van der Waals surface area (Å²) in [4.78, 5) is 0.0900. The van der Waals surface area contributed by atoms with Gasteiger partial charge in [0.1, 0.15) is 6.10 Å². The van der Waals surface area contributed by atoms with E-state index in [1.165, 1.54) is 19.2 Å². The summed E-state index contributed by atoms with van der Waals surface area (Å²) in [5.74, 6) is 0. The molecular weight excluding hydrogens is 316 g/mol. The summed E-state index contributed by atoms with van der Waals surface area (Å²) in [6.07, 6.45) is 3.59. The molecule has 0 saturated carbocycles. The average Bonchev–Trinajstić information content (AvgIpc) is 2.53. The average molecular weight is 344 g/mol. The molecule has 1 aromatic rings. The second-order valence-electron chi connectivity index (χ2n) is 5.74. The molecule has 0 radical (unpaired) electrons. The molecule has 6 heteroatoms. The van der Waals surface area contributed by atoms with Gasteiger partial charge in [-0.3, -0.25) is 4.18 Å². The highest BCUT2D eigenvalue weighted by Gasteiger charge is 2.23. The summed E-state index contributed by atoms with van der Waals surface area (Å²) in [5, 5.41) is 10.1. The van der Waals surface area contributed by atoms with Crippen LogP contribution in [0.2, 0.25) is 0 Å². The van der Waals surface area contributed by atoms with Gasteiger partial charge in [-0.25, -0.2) is 0 Å². The zero-order chi connectivity index (χ0) is 17.3. The van der Waals surface area contributed by atoms with Gasteiger partial charge in [-0.1, -0.05) is 50.3 Å². The van der Waals surface area contributed by atoms with Crippen LogP contribution in [0.3, 0.4) is 0 Å². The molecule has 132 valence electrons. The fourth-order valence-corrected chi connectivity index (χ4v) is 3.20. The van der Waals surface area contributed by atoms with Crippen molar-refractivity contribution in [2.75, 3.05) is 13.7 Å². The van der Waals surface area contributed by atoms with E-state index in [-0.39, 0.29) is 11.5 Å². The molecule has 23 heavy (non-hydrogen) atoms. The van der Waals surface area contributed by atoms with E-state index in [1.54, 1.807) is 12.1 Å². The van der Waals surface area contributed by atoms with Crippen molar-refractivity contribution in [3.05, 3.63) is 29.8 Å². The Morgan fingerprint density at radius 1 is 1.13 bits per heavy atom.